The van der Waals surface area contributed by atoms with Crippen LogP contribution in [0.5, 0.6) is 5.75 Å². The maximum Gasteiger partial charge on any atom is 0.376 e. The number of carbonyl (C=O) groups excluding carboxylic acids is 1. The van der Waals surface area contributed by atoms with Crippen LogP contribution in [0.25, 0.3) is 27.8 Å². The first-order valence-electron chi connectivity index (χ1n) is 9.96. The highest BCUT2D eigenvalue weighted by molar-refractivity contribution is 6.38. The number of hydrogen-bond acceptors (Lipinski definition) is 4. The monoisotopic (exact) mass is 427 g/mol. The van der Waals surface area contributed by atoms with E-state index in [0.717, 1.165) is 28.3 Å². The zero-order valence-electron chi connectivity index (χ0n) is 17.4. The van der Waals surface area contributed by atoms with Gasteiger partial charge >= 0.3 is 5.97 Å². The summed E-state index contributed by atoms with van der Waals surface area (Å²) >= 11 is 0. The zero-order valence-corrected chi connectivity index (χ0v) is 17.4. The summed E-state index contributed by atoms with van der Waals surface area (Å²) in [5.41, 5.74) is 4.47. The molecule has 0 atom stereocenters. The molecule has 2 N–H and O–H groups in total. The Morgan fingerprint density at radius 2 is 1.62 bits per heavy atom. The van der Waals surface area contributed by atoms with Crippen LogP contribution in [0, 0.1) is 0 Å². The standard InChI is InChI=1S/C26H21NO5/c1-32-20-11-12-23-21(13-20)22(24(28)14-25(29)26(30)31)16-27(23)15-17-7-9-19(10-8-17)18-5-3-2-4-6-18/h2-14,16,28H,15H2,1H3,(H,30,31)/b24-14-. The highest BCUT2D eigenvalue weighted by Gasteiger charge is 2.16. The molecule has 6 heteroatoms. The summed E-state index contributed by atoms with van der Waals surface area (Å²) in [5.74, 6) is -2.64. The van der Waals surface area contributed by atoms with E-state index in [9.17, 15) is 14.7 Å². The number of aliphatic hydroxyl groups excluding tert-OH is 1. The molecule has 0 fully saturated rings. The third kappa shape index (κ3) is 4.25. The van der Waals surface area contributed by atoms with Crippen molar-refractivity contribution in [3.63, 3.8) is 0 Å². The van der Waals surface area contributed by atoms with Gasteiger partial charge in [0.2, 0.25) is 0 Å². The minimum Gasteiger partial charge on any atom is -0.507 e. The van der Waals surface area contributed by atoms with Crippen LogP contribution in [0.15, 0.2) is 85.1 Å². The van der Waals surface area contributed by atoms with Crippen molar-refractivity contribution in [2.45, 2.75) is 6.54 Å². The molecule has 1 aromatic heterocycles. The fraction of sp³-hybridized carbons (Fsp3) is 0.0769. The summed E-state index contributed by atoms with van der Waals surface area (Å²) in [6.07, 6.45) is 2.42. The highest BCUT2D eigenvalue weighted by atomic mass is 16.5. The lowest BCUT2D eigenvalue weighted by Crippen LogP contribution is -2.09. The van der Waals surface area contributed by atoms with E-state index in [4.69, 9.17) is 9.84 Å². The van der Waals surface area contributed by atoms with E-state index in [2.05, 4.69) is 24.3 Å². The van der Waals surface area contributed by atoms with Crippen LogP contribution in [-0.4, -0.2) is 33.6 Å². The number of hydrogen-bond donors (Lipinski definition) is 2. The van der Waals surface area contributed by atoms with Gasteiger partial charge in [0.25, 0.3) is 5.78 Å². The van der Waals surface area contributed by atoms with E-state index in [1.807, 2.05) is 47.0 Å². The average molecular weight is 427 g/mol. The van der Waals surface area contributed by atoms with Crippen LogP contribution in [0.3, 0.4) is 0 Å². The summed E-state index contributed by atoms with van der Waals surface area (Å²) in [5, 5.41) is 20.0. The summed E-state index contributed by atoms with van der Waals surface area (Å²) in [6, 6.07) is 23.7. The maximum atomic E-state index is 11.6. The molecule has 0 amide bonds. The zero-order chi connectivity index (χ0) is 22.7. The number of benzene rings is 3. The Balaban J connectivity index is 1.71. The molecule has 0 unspecified atom stereocenters. The molecule has 0 spiro atoms. The molecule has 1 heterocycles. The van der Waals surface area contributed by atoms with Crippen molar-refractivity contribution in [1.82, 2.24) is 4.57 Å². The number of fused-ring (bicyclic) bond motifs is 1. The van der Waals surface area contributed by atoms with Crippen LogP contribution >= 0.6 is 0 Å². The molecule has 0 saturated carbocycles. The molecular weight excluding hydrogens is 406 g/mol. The lowest BCUT2D eigenvalue weighted by Gasteiger charge is -2.08. The van der Waals surface area contributed by atoms with Crippen molar-refractivity contribution < 1.29 is 24.5 Å². The van der Waals surface area contributed by atoms with E-state index in [1.165, 1.54) is 7.11 Å². The molecule has 3 aromatic carbocycles. The molecular formula is C26H21NO5. The Bertz CT molecular complexity index is 1320. The van der Waals surface area contributed by atoms with E-state index >= 15 is 0 Å². The number of carboxylic acids is 1. The number of ketones is 1. The third-order valence-electron chi connectivity index (χ3n) is 5.26. The molecule has 0 aliphatic carbocycles. The van der Waals surface area contributed by atoms with Gasteiger partial charge in [-0.05, 0) is 34.9 Å². The van der Waals surface area contributed by atoms with Crippen molar-refractivity contribution in [1.29, 1.82) is 0 Å². The summed E-state index contributed by atoms with van der Waals surface area (Å²) < 4.78 is 7.23. The minimum atomic E-state index is -1.63. The summed E-state index contributed by atoms with van der Waals surface area (Å²) in [7, 11) is 1.54. The van der Waals surface area contributed by atoms with Crippen LogP contribution < -0.4 is 4.74 Å². The number of nitrogens with zero attached hydrogens (tertiary/aromatic N) is 1. The van der Waals surface area contributed by atoms with E-state index in [1.54, 1.807) is 12.3 Å². The van der Waals surface area contributed by atoms with Crippen LogP contribution in [0.2, 0.25) is 0 Å². The van der Waals surface area contributed by atoms with Crippen molar-refractivity contribution in [3.8, 4) is 16.9 Å². The van der Waals surface area contributed by atoms with Gasteiger partial charge in [0, 0.05) is 35.3 Å². The lowest BCUT2D eigenvalue weighted by atomic mass is 10.0. The number of methoxy groups -OCH3 is 1. The predicted octanol–water partition coefficient (Wildman–Crippen LogP) is 4.92. The molecule has 4 rings (SSSR count). The van der Waals surface area contributed by atoms with Crippen LogP contribution in [0.1, 0.15) is 11.1 Å². The topological polar surface area (TPSA) is 88.8 Å². The molecule has 0 radical (unpaired) electrons. The van der Waals surface area contributed by atoms with E-state index in [-0.39, 0.29) is 0 Å². The van der Waals surface area contributed by atoms with E-state index < -0.39 is 17.5 Å². The normalized spacial score (nSPS) is 11.5. The number of rotatable bonds is 7. The maximum absolute atomic E-state index is 11.6. The number of aromatic nitrogens is 1. The fourth-order valence-corrected chi connectivity index (χ4v) is 3.63. The van der Waals surface area contributed by atoms with Gasteiger partial charge in [-0.3, -0.25) is 4.79 Å². The first-order chi connectivity index (χ1) is 15.5. The molecule has 0 aliphatic rings. The number of ether oxygens (including phenoxy) is 1. The fourth-order valence-electron chi connectivity index (χ4n) is 3.63. The number of aliphatic hydroxyl groups is 1. The van der Waals surface area contributed by atoms with Gasteiger partial charge < -0.3 is 19.5 Å². The first-order valence-corrected chi connectivity index (χ1v) is 9.96. The molecule has 0 bridgehead atoms. The van der Waals surface area contributed by atoms with Gasteiger partial charge in [-0.1, -0.05) is 54.6 Å². The number of aliphatic carboxylic acids is 1. The molecule has 4 aromatic rings. The first kappa shape index (κ1) is 20.9. The molecule has 160 valence electrons. The van der Waals surface area contributed by atoms with Crippen molar-refractivity contribution >= 4 is 28.4 Å². The number of carbonyl (C=O) groups is 2. The Morgan fingerprint density at radius 1 is 0.938 bits per heavy atom. The third-order valence-corrected chi connectivity index (χ3v) is 5.26. The SMILES string of the molecule is COc1ccc2c(c1)c(/C(O)=C/C(=O)C(=O)O)cn2Cc1ccc(-c2ccccc2)cc1. The van der Waals surface area contributed by atoms with Gasteiger partial charge in [-0.15, -0.1) is 0 Å². The van der Waals surface area contributed by atoms with Crippen molar-refractivity contribution in [2.75, 3.05) is 7.11 Å². The van der Waals surface area contributed by atoms with Gasteiger partial charge in [0.05, 0.1) is 7.11 Å². The van der Waals surface area contributed by atoms with Gasteiger partial charge in [0.1, 0.15) is 11.5 Å². The van der Waals surface area contributed by atoms with Gasteiger partial charge in [-0.25, -0.2) is 4.79 Å². The van der Waals surface area contributed by atoms with Crippen molar-refractivity contribution in [2.24, 2.45) is 0 Å². The van der Waals surface area contributed by atoms with Crippen LogP contribution in [0.4, 0.5) is 0 Å². The largest absolute Gasteiger partial charge is 0.507 e. The second-order valence-electron chi connectivity index (χ2n) is 7.32. The molecule has 6 nitrogen and oxygen atoms in total. The lowest BCUT2D eigenvalue weighted by molar-refractivity contribution is -0.146. The second kappa shape index (κ2) is 8.81. The number of carboxylic acid groups (broad SMARTS) is 1. The smallest absolute Gasteiger partial charge is 0.376 e. The molecule has 32 heavy (non-hydrogen) atoms. The second-order valence-corrected chi connectivity index (χ2v) is 7.32. The Hall–Kier alpha value is -4.32. The summed E-state index contributed by atoms with van der Waals surface area (Å²) in [4.78, 5) is 22.4. The summed E-state index contributed by atoms with van der Waals surface area (Å²) in [6.45, 7) is 0.526. The highest BCUT2D eigenvalue weighted by Crippen LogP contribution is 2.30. The van der Waals surface area contributed by atoms with Gasteiger partial charge in [0.15, 0.2) is 0 Å². The Morgan fingerprint density at radius 3 is 2.28 bits per heavy atom. The van der Waals surface area contributed by atoms with Crippen molar-refractivity contribution in [3.05, 3.63) is 96.2 Å². The average Bonchev–Trinajstić information content (AvgIpc) is 3.17. The molecule has 0 saturated heterocycles. The molecule has 0 aliphatic heterocycles. The quantitative estimate of drug-likeness (QED) is 0.248. The van der Waals surface area contributed by atoms with Gasteiger partial charge in [-0.2, -0.15) is 0 Å². The Labute approximate surface area is 184 Å². The van der Waals surface area contributed by atoms with Crippen LogP contribution in [-0.2, 0) is 16.1 Å². The van der Waals surface area contributed by atoms with E-state index in [0.29, 0.717) is 23.2 Å². The Kier molecular flexibility index (Phi) is 5.77. The minimum absolute atomic E-state index is 0.356. The predicted molar refractivity (Wildman–Crippen MR) is 123 cm³/mol.